The number of carboxylic acid groups (broad SMARTS) is 1. The molecule has 5 aliphatic rings. The quantitative estimate of drug-likeness (QED) is 0.218. The van der Waals surface area contributed by atoms with Crippen LogP contribution in [0.3, 0.4) is 0 Å². The number of ketones is 1. The first kappa shape index (κ1) is 29.6. The van der Waals surface area contributed by atoms with E-state index in [0.29, 0.717) is 42.5 Å². The Balaban J connectivity index is 1.60. The predicted octanol–water partition coefficient (Wildman–Crippen LogP) is 7.93. The van der Waals surface area contributed by atoms with Gasteiger partial charge in [0.15, 0.2) is 0 Å². The van der Waals surface area contributed by atoms with Gasteiger partial charge in [0, 0.05) is 23.3 Å². The van der Waals surface area contributed by atoms with Gasteiger partial charge >= 0.3 is 11.9 Å². The van der Waals surface area contributed by atoms with Crippen molar-refractivity contribution in [2.24, 2.45) is 50.2 Å². The van der Waals surface area contributed by atoms with E-state index in [2.05, 4.69) is 54.5 Å². The topological polar surface area (TPSA) is 80.7 Å². The van der Waals surface area contributed by atoms with Crippen LogP contribution in [0, 0.1) is 50.2 Å². The zero-order valence-electron chi connectivity index (χ0n) is 26.4. The van der Waals surface area contributed by atoms with E-state index in [1.165, 1.54) is 5.57 Å². The molecule has 222 valence electrons. The van der Waals surface area contributed by atoms with Crippen molar-refractivity contribution in [2.75, 3.05) is 0 Å². The smallest absolute Gasteiger partial charge is 0.333 e. The van der Waals surface area contributed by atoms with E-state index in [-0.39, 0.29) is 33.0 Å². The van der Waals surface area contributed by atoms with Gasteiger partial charge in [0.05, 0.1) is 0 Å². The van der Waals surface area contributed by atoms with Crippen LogP contribution in [0.5, 0.6) is 0 Å². The van der Waals surface area contributed by atoms with Gasteiger partial charge in [-0.05, 0) is 98.7 Å². The zero-order chi connectivity index (χ0) is 29.7. The number of Topliss-reactive ketones (excluding diaryl/α,β-unsaturated/α-hetero) is 1. The number of aliphatic carboxylic acids is 1. The number of carbonyl (C=O) groups excluding carboxylic acids is 2. The number of carboxylic acids is 1. The summed E-state index contributed by atoms with van der Waals surface area (Å²) < 4.78 is 6.13. The van der Waals surface area contributed by atoms with Crippen molar-refractivity contribution in [3.05, 3.63) is 23.3 Å². The molecule has 4 saturated carbocycles. The maximum Gasteiger partial charge on any atom is 0.333 e. The van der Waals surface area contributed by atoms with Gasteiger partial charge in [-0.2, -0.15) is 0 Å². The van der Waals surface area contributed by atoms with Crippen molar-refractivity contribution in [3.8, 4) is 0 Å². The molecule has 8 atom stereocenters. The van der Waals surface area contributed by atoms with Gasteiger partial charge in [0.1, 0.15) is 17.3 Å². The van der Waals surface area contributed by atoms with Gasteiger partial charge in [0.2, 0.25) is 0 Å². The minimum atomic E-state index is -1.10. The lowest BCUT2D eigenvalue weighted by Crippen LogP contribution is -2.66. The molecule has 0 spiro atoms. The highest BCUT2D eigenvalue weighted by atomic mass is 16.5. The van der Waals surface area contributed by atoms with Crippen molar-refractivity contribution in [3.63, 3.8) is 0 Å². The van der Waals surface area contributed by atoms with Gasteiger partial charge in [0.25, 0.3) is 0 Å². The lowest BCUT2D eigenvalue weighted by atomic mass is 9.33. The number of carbonyl (C=O) groups is 3. The van der Waals surface area contributed by atoms with Crippen LogP contribution in [0.15, 0.2) is 23.3 Å². The summed E-state index contributed by atoms with van der Waals surface area (Å²) in [7, 11) is 0. The van der Waals surface area contributed by atoms with Crippen molar-refractivity contribution < 1.29 is 24.2 Å². The molecule has 0 aromatic carbocycles. The Kier molecular flexibility index (Phi) is 6.69. The highest BCUT2D eigenvalue weighted by Crippen LogP contribution is 2.75. The van der Waals surface area contributed by atoms with Crippen LogP contribution < -0.4 is 0 Å². The van der Waals surface area contributed by atoms with E-state index in [0.717, 1.165) is 38.5 Å². The molecule has 0 radical (unpaired) electrons. The standard InChI is InChI=1S/C35H52O5/c1-10-21(2)28(37)40-27-20-30(3,4)19-23-22-11-12-25-32(7)15-14-26(36)31(5,6)24(32)13-16-34(25,9)33(22,8)17-18-35(23,27)29(38)39/h10-11,23-25,27H,12-20H2,1-9H3,(H,38,39)/t23-,24?,25-,27-,32+,33-,34-,35+/m1/s1. The fourth-order valence-corrected chi connectivity index (χ4v) is 11.1. The summed E-state index contributed by atoms with van der Waals surface area (Å²) in [5.74, 6) is -0.125. The first-order chi connectivity index (χ1) is 18.4. The Hall–Kier alpha value is -1.91. The molecule has 40 heavy (non-hydrogen) atoms. The molecule has 0 aliphatic heterocycles. The number of ether oxygens (including phenoxy) is 1. The van der Waals surface area contributed by atoms with E-state index in [1.807, 2.05) is 6.92 Å². The molecule has 0 saturated heterocycles. The van der Waals surface area contributed by atoms with Crippen LogP contribution in [0.1, 0.15) is 120 Å². The lowest BCUT2D eigenvalue weighted by Gasteiger charge is -2.70. The first-order valence-electron chi connectivity index (χ1n) is 15.7. The van der Waals surface area contributed by atoms with Crippen molar-refractivity contribution in [2.45, 2.75) is 126 Å². The molecule has 0 bridgehead atoms. The van der Waals surface area contributed by atoms with Crippen LogP contribution in [0.25, 0.3) is 0 Å². The van der Waals surface area contributed by atoms with Gasteiger partial charge in [-0.1, -0.05) is 66.2 Å². The van der Waals surface area contributed by atoms with Crippen LogP contribution in [-0.2, 0) is 19.1 Å². The largest absolute Gasteiger partial charge is 0.481 e. The number of rotatable bonds is 3. The van der Waals surface area contributed by atoms with Crippen LogP contribution in [0.4, 0.5) is 0 Å². The predicted molar refractivity (Wildman–Crippen MR) is 156 cm³/mol. The second-order valence-electron chi connectivity index (χ2n) is 16.3. The number of hydrogen-bond donors (Lipinski definition) is 1. The molecular weight excluding hydrogens is 500 g/mol. The molecule has 4 fully saturated rings. The number of esters is 1. The number of allylic oxidation sites excluding steroid dienone is 3. The summed E-state index contributed by atoms with van der Waals surface area (Å²) in [6.45, 7) is 19.7. The summed E-state index contributed by atoms with van der Waals surface area (Å²) in [6.07, 6.45) is 10.9. The minimum absolute atomic E-state index is 0.0266. The Morgan fingerprint density at radius 2 is 1.65 bits per heavy atom. The van der Waals surface area contributed by atoms with E-state index in [4.69, 9.17) is 4.74 Å². The number of hydrogen-bond acceptors (Lipinski definition) is 4. The second-order valence-corrected chi connectivity index (χ2v) is 16.3. The van der Waals surface area contributed by atoms with Crippen molar-refractivity contribution in [1.29, 1.82) is 0 Å². The molecule has 0 aromatic rings. The Labute approximate surface area is 241 Å². The van der Waals surface area contributed by atoms with Crippen molar-refractivity contribution in [1.82, 2.24) is 0 Å². The van der Waals surface area contributed by atoms with Gasteiger partial charge in [-0.15, -0.1) is 0 Å². The van der Waals surface area contributed by atoms with Gasteiger partial charge in [-0.25, -0.2) is 4.79 Å². The Bertz CT molecular complexity index is 1190. The summed E-state index contributed by atoms with van der Waals surface area (Å²) in [5.41, 5.74) is 0.279. The van der Waals surface area contributed by atoms with Gasteiger partial charge < -0.3 is 9.84 Å². The number of fused-ring (bicyclic) bond motifs is 7. The third kappa shape index (κ3) is 3.73. The second kappa shape index (κ2) is 9.04. The molecule has 0 heterocycles. The van der Waals surface area contributed by atoms with Crippen LogP contribution in [-0.4, -0.2) is 28.9 Å². The van der Waals surface area contributed by atoms with Gasteiger partial charge in [-0.3, -0.25) is 9.59 Å². The average molecular weight is 553 g/mol. The molecule has 5 heteroatoms. The van der Waals surface area contributed by atoms with E-state index in [1.54, 1.807) is 13.0 Å². The monoisotopic (exact) mass is 552 g/mol. The first-order valence-corrected chi connectivity index (χ1v) is 15.7. The van der Waals surface area contributed by atoms with Crippen LogP contribution >= 0.6 is 0 Å². The van der Waals surface area contributed by atoms with Crippen molar-refractivity contribution >= 4 is 17.7 Å². The van der Waals surface area contributed by atoms with E-state index >= 15 is 0 Å². The normalized spacial score (nSPS) is 45.7. The minimum Gasteiger partial charge on any atom is -0.481 e. The SMILES string of the molecule is CC=C(C)C(=O)O[C@@H]1CC(C)(C)C[C@@H]2C3=CC[C@@H]4[C@@]5(C)CCC(=O)C(C)(C)C5CC[C@@]4(C)[C@]3(C)CC[C@]21C(=O)O. The fourth-order valence-electron chi connectivity index (χ4n) is 11.1. The van der Waals surface area contributed by atoms with E-state index in [9.17, 15) is 19.5 Å². The maximum absolute atomic E-state index is 13.4. The highest BCUT2D eigenvalue weighted by molar-refractivity contribution is 5.88. The molecule has 0 amide bonds. The fraction of sp³-hybridized carbons (Fsp3) is 0.800. The molecule has 5 rings (SSSR count). The zero-order valence-corrected chi connectivity index (χ0v) is 26.4. The molecule has 5 nitrogen and oxygen atoms in total. The average Bonchev–Trinajstić information content (AvgIpc) is 2.85. The maximum atomic E-state index is 13.4. The molecule has 1 N–H and O–H groups in total. The third-order valence-electron chi connectivity index (χ3n) is 13.8. The lowest BCUT2D eigenvalue weighted by molar-refractivity contribution is -0.206. The third-order valence-corrected chi connectivity index (χ3v) is 13.8. The molecule has 5 aliphatic carbocycles. The molecule has 0 aromatic heterocycles. The summed E-state index contributed by atoms with van der Waals surface area (Å²) in [6, 6.07) is 0. The molecular formula is C35H52O5. The summed E-state index contributed by atoms with van der Waals surface area (Å²) >= 11 is 0. The Morgan fingerprint density at radius 1 is 0.975 bits per heavy atom. The molecule has 1 unspecified atom stereocenters. The highest BCUT2D eigenvalue weighted by Gasteiger charge is 2.71. The summed E-state index contributed by atoms with van der Waals surface area (Å²) in [4.78, 5) is 39.4. The summed E-state index contributed by atoms with van der Waals surface area (Å²) in [5, 5.41) is 11.0. The Morgan fingerprint density at radius 3 is 2.27 bits per heavy atom. The van der Waals surface area contributed by atoms with E-state index < -0.39 is 23.5 Å². The van der Waals surface area contributed by atoms with Crippen LogP contribution in [0.2, 0.25) is 0 Å².